The quantitative estimate of drug-likeness (QED) is 0.0277. The van der Waals surface area contributed by atoms with E-state index in [-0.39, 0.29) is 26.1 Å². The van der Waals surface area contributed by atoms with Crippen molar-refractivity contribution in [3.8, 4) is 0 Å². The standard InChI is InChI=1S/C47H88O15/c1-3-5-7-9-11-13-15-16-17-18-19-20-22-24-26-28-30-39(50)60-35(32-57-38(49)29-27-25-23-21-14-12-10-8-6-4-2)33-58-46-45(56)43(54)41(52)37(62-46)34-59-47-44(55)42(53)40(51)36(31-48)61-47/h35-37,40-48,51-56H,3-34H2,1-2H3. The SMILES string of the molecule is CCCCCCCCCCCCCCCCCCC(=O)OC(COC(=O)CCCCCCCCCCCC)COC1OC(COC2OC(CO)C(O)C(O)C2O)C(O)C(O)C1O. The van der Waals surface area contributed by atoms with Gasteiger partial charge in [0.05, 0.1) is 19.8 Å². The van der Waals surface area contributed by atoms with Gasteiger partial charge in [-0.05, 0) is 12.8 Å². The van der Waals surface area contributed by atoms with Gasteiger partial charge in [-0.15, -0.1) is 0 Å². The lowest BCUT2D eigenvalue weighted by molar-refractivity contribution is -0.332. The van der Waals surface area contributed by atoms with Gasteiger partial charge >= 0.3 is 11.9 Å². The molecule has 2 heterocycles. The van der Waals surface area contributed by atoms with Gasteiger partial charge in [-0.2, -0.15) is 0 Å². The molecule has 2 rings (SSSR count). The third-order valence-corrected chi connectivity index (χ3v) is 12.1. The van der Waals surface area contributed by atoms with Gasteiger partial charge in [-0.1, -0.05) is 168 Å². The van der Waals surface area contributed by atoms with Crippen LogP contribution in [0.5, 0.6) is 0 Å². The van der Waals surface area contributed by atoms with Gasteiger partial charge in [0.25, 0.3) is 0 Å². The molecule has 2 aliphatic heterocycles. The van der Waals surface area contributed by atoms with Gasteiger partial charge < -0.3 is 64.2 Å². The first-order valence-electron chi connectivity index (χ1n) is 24.6. The van der Waals surface area contributed by atoms with Crippen molar-refractivity contribution in [3.63, 3.8) is 0 Å². The molecule has 7 N–H and O–H groups in total. The molecule has 15 heteroatoms. The van der Waals surface area contributed by atoms with E-state index >= 15 is 0 Å². The maximum absolute atomic E-state index is 13.0. The Labute approximate surface area is 372 Å². The van der Waals surface area contributed by atoms with E-state index in [9.17, 15) is 45.3 Å². The Bertz CT molecular complexity index is 1100. The molecule has 366 valence electrons. The molecule has 0 spiro atoms. The second-order valence-corrected chi connectivity index (χ2v) is 17.7. The van der Waals surface area contributed by atoms with E-state index in [1.165, 1.54) is 116 Å². The van der Waals surface area contributed by atoms with Crippen LogP contribution >= 0.6 is 0 Å². The van der Waals surface area contributed by atoms with Crippen molar-refractivity contribution in [1.82, 2.24) is 0 Å². The maximum Gasteiger partial charge on any atom is 0.306 e. The van der Waals surface area contributed by atoms with Crippen LogP contribution in [-0.2, 0) is 38.0 Å². The molecule has 11 atom stereocenters. The van der Waals surface area contributed by atoms with Crippen molar-refractivity contribution in [2.45, 2.75) is 261 Å². The van der Waals surface area contributed by atoms with Crippen LogP contribution in [0, 0.1) is 0 Å². The smallest absolute Gasteiger partial charge is 0.306 e. The van der Waals surface area contributed by atoms with Crippen molar-refractivity contribution < 1.29 is 73.8 Å². The number of unbranched alkanes of at least 4 members (excludes halogenated alkanes) is 24. The summed E-state index contributed by atoms with van der Waals surface area (Å²) in [6, 6.07) is 0. The summed E-state index contributed by atoms with van der Waals surface area (Å²) in [6.45, 7) is 2.59. The first-order valence-corrected chi connectivity index (χ1v) is 24.6. The number of carbonyl (C=O) groups is 2. The van der Waals surface area contributed by atoms with Crippen LogP contribution in [0.2, 0.25) is 0 Å². The van der Waals surface area contributed by atoms with Crippen molar-refractivity contribution in [3.05, 3.63) is 0 Å². The average Bonchev–Trinajstić information content (AvgIpc) is 3.26. The highest BCUT2D eigenvalue weighted by molar-refractivity contribution is 5.70. The molecular formula is C47H88O15. The lowest BCUT2D eigenvalue weighted by Crippen LogP contribution is -2.61. The van der Waals surface area contributed by atoms with E-state index in [0.29, 0.717) is 12.8 Å². The van der Waals surface area contributed by atoms with Crippen LogP contribution in [0.4, 0.5) is 0 Å². The molecule has 0 aromatic rings. The normalized spacial score (nSPS) is 27.0. The summed E-state index contributed by atoms with van der Waals surface area (Å²) in [5.74, 6) is -0.914. The van der Waals surface area contributed by atoms with Gasteiger partial charge in [0.15, 0.2) is 18.7 Å². The van der Waals surface area contributed by atoms with Crippen molar-refractivity contribution in [2.75, 3.05) is 26.4 Å². The summed E-state index contributed by atoms with van der Waals surface area (Å²) >= 11 is 0. The Morgan fingerprint density at radius 3 is 1.26 bits per heavy atom. The zero-order valence-electron chi connectivity index (χ0n) is 38.4. The van der Waals surface area contributed by atoms with Gasteiger partial charge in [-0.3, -0.25) is 9.59 Å². The van der Waals surface area contributed by atoms with Gasteiger partial charge in [0.2, 0.25) is 0 Å². The fraction of sp³-hybridized carbons (Fsp3) is 0.957. The zero-order valence-corrected chi connectivity index (χ0v) is 38.4. The molecule has 0 aliphatic carbocycles. The fourth-order valence-electron chi connectivity index (χ4n) is 7.98. The molecule has 0 aromatic heterocycles. The second-order valence-electron chi connectivity index (χ2n) is 17.7. The summed E-state index contributed by atoms with van der Waals surface area (Å²) < 4.78 is 33.5. The minimum absolute atomic E-state index is 0.173. The molecule has 0 saturated carbocycles. The Kier molecular flexibility index (Phi) is 32.6. The topological polar surface area (TPSA) is 231 Å². The van der Waals surface area contributed by atoms with Gasteiger partial charge in [0, 0.05) is 12.8 Å². The molecule has 2 aliphatic rings. The Balaban J connectivity index is 1.81. The monoisotopic (exact) mass is 893 g/mol. The fourth-order valence-corrected chi connectivity index (χ4v) is 7.98. The largest absolute Gasteiger partial charge is 0.462 e. The summed E-state index contributed by atoms with van der Waals surface area (Å²) in [6.07, 6.45) is 14.3. The zero-order chi connectivity index (χ0) is 45.4. The van der Waals surface area contributed by atoms with E-state index in [1.807, 2.05) is 0 Å². The van der Waals surface area contributed by atoms with E-state index in [1.54, 1.807) is 0 Å². The Morgan fingerprint density at radius 2 is 0.823 bits per heavy atom. The summed E-state index contributed by atoms with van der Waals surface area (Å²) in [4.78, 5) is 25.6. The minimum atomic E-state index is -1.76. The van der Waals surface area contributed by atoms with Crippen LogP contribution in [0.25, 0.3) is 0 Å². The number of esters is 2. The van der Waals surface area contributed by atoms with Gasteiger partial charge in [-0.25, -0.2) is 0 Å². The third kappa shape index (κ3) is 24.1. The van der Waals surface area contributed by atoms with Crippen molar-refractivity contribution >= 4 is 11.9 Å². The first-order chi connectivity index (χ1) is 30.0. The second kappa shape index (κ2) is 35.7. The Morgan fingerprint density at radius 1 is 0.452 bits per heavy atom. The van der Waals surface area contributed by atoms with E-state index in [2.05, 4.69) is 13.8 Å². The molecule has 0 amide bonds. The van der Waals surface area contributed by atoms with E-state index in [0.717, 1.165) is 38.5 Å². The van der Waals surface area contributed by atoms with E-state index < -0.39 is 92.7 Å². The number of aliphatic hydroxyl groups excluding tert-OH is 7. The highest BCUT2D eigenvalue weighted by Gasteiger charge is 2.47. The molecule has 11 unspecified atom stereocenters. The number of aliphatic hydroxyl groups is 7. The Hall–Kier alpha value is -1.50. The summed E-state index contributed by atoms with van der Waals surface area (Å²) in [5, 5.41) is 71.9. The molecule has 0 bridgehead atoms. The summed E-state index contributed by atoms with van der Waals surface area (Å²) in [5.41, 5.74) is 0. The first kappa shape index (κ1) is 56.6. The minimum Gasteiger partial charge on any atom is -0.462 e. The lowest BCUT2D eigenvalue weighted by atomic mass is 9.98. The summed E-state index contributed by atoms with van der Waals surface area (Å²) in [7, 11) is 0. The molecular weight excluding hydrogens is 805 g/mol. The average molecular weight is 893 g/mol. The highest BCUT2D eigenvalue weighted by Crippen LogP contribution is 2.26. The number of hydrogen-bond donors (Lipinski definition) is 7. The highest BCUT2D eigenvalue weighted by atomic mass is 16.7. The third-order valence-electron chi connectivity index (χ3n) is 12.1. The van der Waals surface area contributed by atoms with Crippen LogP contribution in [0.15, 0.2) is 0 Å². The van der Waals surface area contributed by atoms with Crippen LogP contribution < -0.4 is 0 Å². The molecule has 62 heavy (non-hydrogen) atoms. The number of ether oxygens (including phenoxy) is 6. The van der Waals surface area contributed by atoms with Crippen molar-refractivity contribution in [2.24, 2.45) is 0 Å². The molecule has 0 aromatic carbocycles. The number of rotatable bonds is 38. The molecule has 2 saturated heterocycles. The number of hydrogen-bond acceptors (Lipinski definition) is 15. The van der Waals surface area contributed by atoms with Crippen molar-refractivity contribution in [1.29, 1.82) is 0 Å². The molecule has 2 fully saturated rings. The number of carbonyl (C=O) groups excluding carboxylic acids is 2. The van der Waals surface area contributed by atoms with E-state index in [4.69, 9.17) is 28.4 Å². The van der Waals surface area contributed by atoms with Crippen LogP contribution in [-0.4, -0.2) is 142 Å². The maximum atomic E-state index is 13.0. The van der Waals surface area contributed by atoms with Gasteiger partial charge in [0.1, 0.15) is 55.4 Å². The molecule has 15 nitrogen and oxygen atoms in total. The predicted octanol–water partition coefficient (Wildman–Crippen LogP) is 6.04. The van der Waals surface area contributed by atoms with Crippen LogP contribution in [0.3, 0.4) is 0 Å². The lowest BCUT2D eigenvalue weighted by Gasteiger charge is -2.42. The predicted molar refractivity (Wildman–Crippen MR) is 234 cm³/mol. The molecule has 0 radical (unpaired) electrons. The van der Waals surface area contributed by atoms with Crippen LogP contribution in [0.1, 0.15) is 194 Å².